The average Bonchev–Trinajstić information content (AvgIpc) is 3.74. The quantitative estimate of drug-likeness (QED) is 0.0211. The molecule has 9 heteroatoms. The fraction of sp³-hybridized carbons (Fsp3) is 0.869. The number of carboxylic acids is 1. The van der Waals surface area contributed by atoms with E-state index in [-0.39, 0.29) is 38.2 Å². The van der Waals surface area contributed by atoms with E-state index in [4.69, 9.17) is 18.9 Å². The second kappa shape index (κ2) is 75.0. The predicted octanol–water partition coefficient (Wildman–Crippen LogP) is 26.0. The Balaban J connectivity index is 3.95. The molecular weight excluding hydrogens is 1150 g/mol. The zero-order valence-corrected chi connectivity index (χ0v) is 62.7. The lowest BCUT2D eigenvalue weighted by atomic mass is 10.0. The number of carbonyl (C=O) groups is 3. The van der Waals surface area contributed by atoms with Gasteiger partial charge < -0.3 is 28.5 Å². The first kappa shape index (κ1) is 90.2. The number of unbranched alkanes of at least 4 members (excludes halogenated alkanes) is 54. The van der Waals surface area contributed by atoms with Crippen LogP contribution in [0.1, 0.15) is 412 Å². The number of hydrogen-bond donors (Lipinski definition) is 1. The number of carbonyl (C=O) groups excluding carboxylic acids is 2. The summed E-state index contributed by atoms with van der Waals surface area (Å²) in [6.07, 6.45) is 95.7. The van der Waals surface area contributed by atoms with Gasteiger partial charge in [0.05, 0.1) is 34.4 Å². The van der Waals surface area contributed by atoms with Crippen LogP contribution < -0.4 is 0 Å². The molecule has 0 aliphatic heterocycles. The van der Waals surface area contributed by atoms with Crippen LogP contribution >= 0.6 is 0 Å². The van der Waals surface area contributed by atoms with Crippen LogP contribution in [0.3, 0.4) is 0 Å². The summed E-state index contributed by atoms with van der Waals surface area (Å²) in [7, 11) is 6.00. The van der Waals surface area contributed by atoms with Crippen LogP contribution in [-0.4, -0.2) is 87.4 Å². The van der Waals surface area contributed by atoms with Crippen LogP contribution in [0.5, 0.6) is 0 Å². The lowest BCUT2D eigenvalue weighted by Gasteiger charge is -2.25. The van der Waals surface area contributed by atoms with Crippen molar-refractivity contribution < 1.29 is 42.9 Å². The van der Waals surface area contributed by atoms with E-state index in [2.05, 4.69) is 62.5 Å². The summed E-state index contributed by atoms with van der Waals surface area (Å²) >= 11 is 0. The third-order valence-electron chi connectivity index (χ3n) is 18.6. The van der Waals surface area contributed by atoms with Gasteiger partial charge in [-0.15, -0.1) is 0 Å². The summed E-state index contributed by atoms with van der Waals surface area (Å²) in [4.78, 5) is 37.8. The van der Waals surface area contributed by atoms with Gasteiger partial charge in [0.1, 0.15) is 13.2 Å². The molecule has 0 aliphatic carbocycles. The van der Waals surface area contributed by atoms with Gasteiger partial charge >= 0.3 is 17.9 Å². The van der Waals surface area contributed by atoms with E-state index < -0.39 is 18.4 Å². The van der Waals surface area contributed by atoms with Crippen molar-refractivity contribution in [3.63, 3.8) is 0 Å². The maximum Gasteiger partial charge on any atom is 0.361 e. The number of quaternary nitrogens is 1. The van der Waals surface area contributed by atoms with E-state index in [1.165, 1.54) is 321 Å². The lowest BCUT2D eigenvalue weighted by molar-refractivity contribution is -0.870. The fourth-order valence-corrected chi connectivity index (χ4v) is 12.4. The number of esters is 2. The first-order chi connectivity index (χ1) is 45.6. The molecule has 0 rings (SSSR count). The molecule has 0 saturated carbocycles. The molecule has 0 bridgehead atoms. The minimum absolute atomic E-state index is 0.175. The van der Waals surface area contributed by atoms with E-state index in [1.54, 1.807) is 0 Å². The number of likely N-dealkylation sites (N-methyl/N-ethyl adjacent to an activating group) is 1. The van der Waals surface area contributed by atoms with E-state index in [1.807, 2.05) is 21.1 Å². The van der Waals surface area contributed by atoms with E-state index in [0.717, 1.165) is 64.2 Å². The summed E-state index contributed by atoms with van der Waals surface area (Å²) in [5.74, 6) is -1.97. The summed E-state index contributed by atoms with van der Waals surface area (Å²) in [5, 5.41) is 9.78. The van der Waals surface area contributed by atoms with Gasteiger partial charge in [-0.05, 0) is 51.4 Å². The van der Waals surface area contributed by atoms with Crippen molar-refractivity contribution in [3.8, 4) is 0 Å². The molecule has 93 heavy (non-hydrogen) atoms. The Morgan fingerprint density at radius 1 is 0.333 bits per heavy atom. The van der Waals surface area contributed by atoms with E-state index in [9.17, 15) is 19.5 Å². The van der Waals surface area contributed by atoms with Gasteiger partial charge in [0, 0.05) is 12.8 Å². The molecule has 0 aliphatic rings. The standard InChI is InChI=1S/C84H157NO8/c1-6-8-10-12-14-16-18-20-22-24-26-28-30-32-34-36-38-40-41-43-45-47-49-51-53-55-57-59-61-63-65-67-69-71-73-75-82(87)93-80(79-92-84(83(88)89)90-77-76-85(3,4)5)78-91-81(86)74-72-70-68-66-64-62-60-58-56-54-52-50-48-46-44-42-39-37-35-33-31-29-27-25-23-21-19-17-15-13-11-9-7-2/h8,10,14,16,20,22,26,28,80,84H,6-7,9,11-13,15,17-19,21,23-25,27,29-79H2,1-5H3/p+1/b10-8-,16-14-,22-20-,28-26-. The smallest absolute Gasteiger partial charge is 0.361 e. The second-order valence-electron chi connectivity index (χ2n) is 29.1. The Bertz CT molecular complexity index is 1670. The van der Waals surface area contributed by atoms with Gasteiger partial charge in [-0.2, -0.15) is 0 Å². The van der Waals surface area contributed by atoms with Gasteiger partial charge in [0.2, 0.25) is 0 Å². The number of ether oxygens (including phenoxy) is 4. The molecule has 546 valence electrons. The molecule has 0 spiro atoms. The van der Waals surface area contributed by atoms with Gasteiger partial charge in [0.25, 0.3) is 6.29 Å². The molecule has 2 unspecified atom stereocenters. The molecule has 0 radical (unpaired) electrons. The summed E-state index contributed by atoms with van der Waals surface area (Å²) in [5.41, 5.74) is 0. The Morgan fingerprint density at radius 2 is 0.613 bits per heavy atom. The Labute approximate surface area is 578 Å². The van der Waals surface area contributed by atoms with Crippen molar-refractivity contribution in [2.24, 2.45) is 0 Å². The van der Waals surface area contributed by atoms with Crippen molar-refractivity contribution >= 4 is 17.9 Å². The molecule has 9 nitrogen and oxygen atoms in total. The normalized spacial score (nSPS) is 12.8. The van der Waals surface area contributed by atoms with E-state index in [0.29, 0.717) is 17.4 Å². The maximum absolute atomic E-state index is 13.0. The molecule has 0 aromatic heterocycles. The number of rotatable bonds is 77. The van der Waals surface area contributed by atoms with Crippen LogP contribution in [0, 0.1) is 0 Å². The van der Waals surface area contributed by atoms with Gasteiger partial charge in [-0.1, -0.05) is 396 Å². The lowest BCUT2D eigenvalue weighted by Crippen LogP contribution is -2.40. The Morgan fingerprint density at radius 3 is 0.914 bits per heavy atom. The highest BCUT2D eigenvalue weighted by Crippen LogP contribution is 2.20. The summed E-state index contributed by atoms with van der Waals surface area (Å²) in [6, 6.07) is 0. The SMILES string of the molecule is CC/C=C\C/C=C\C/C=C\C/C=C\CCCCCCCCCCCCCCCCCCCCCCCCC(=O)OC(COC(=O)CCCCCCCCCCCCCCCCCCCCCCCCCCCCCCCCCCC)COC(OCC[N+](C)(C)C)C(=O)O. The highest BCUT2D eigenvalue weighted by Gasteiger charge is 2.25. The molecule has 2 atom stereocenters. The van der Waals surface area contributed by atoms with Gasteiger partial charge in [0.15, 0.2) is 6.10 Å². The van der Waals surface area contributed by atoms with Crippen molar-refractivity contribution in [2.45, 2.75) is 424 Å². The Hall–Kier alpha value is -2.75. The molecule has 0 aromatic rings. The van der Waals surface area contributed by atoms with Crippen LogP contribution in [0.4, 0.5) is 0 Å². The molecule has 1 N–H and O–H groups in total. The van der Waals surface area contributed by atoms with E-state index >= 15 is 0 Å². The largest absolute Gasteiger partial charge is 0.477 e. The predicted molar refractivity (Wildman–Crippen MR) is 401 cm³/mol. The highest BCUT2D eigenvalue weighted by atomic mass is 16.7. The first-order valence-corrected chi connectivity index (χ1v) is 40.8. The summed E-state index contributed by atoms with van der Waals surface area (Å²) in [6.45, 7) is 4.85. The second-order valence-corrected chi connectivity index (χ2v) is 29.1. The number of carboxylic acid groups (broad SMARTS) is 1. The van der Waals surface area contributed by atoms with Crippen molar-refractivity contribution in [1.29, 1.82) is 0 Å². The van der Waals surface area contributed by atoms with Crippen molar-refractivity contribution in [1.82, 2.24) is 0 Å². The van der Waals surface area contributed by atoms with Gasteiger partial charge in [-0.25, -0.2) is 4.79 Å². The summed E-state index contributed by atoms with van der Waals surface area (Å²) < 4.78 is 23.1. The van der Waals surface area contributed by atoms with Gasteiger partial charge in [-0.3, -0.25) is 9.59 Å². The van der Waals surface area contributed by atoms with Crippen molar-refractivity contribution in [3.05, 3.63) is 48.6 Å². The fourth-order valence-electron chi connectivity index (χ4n) is 12.4. The number of hydrogen-bond acceptors (Lipinski definition) is 7. The molecule has 0 saturated heterocycles. The number of nitrogens with zero attached hydrogens (tertiary/aromatic N) is 1. The van der Waals surface area contributed by atoms with Crippen LogP contribution in [0.25, 0.3) is 0 Å². The maximum atomic E-state index is 13.0. The third kappa shape index (κ3) is 76.5. The van der Waals surface area contributed by atoms with Crippen LogP contribution in [0.15, 0.2) is 48.6 Å². The zero-order valence-electron chi connectivity index (χ0n) is 62.7. The molecule has 0 aromatic carbocycles. The van der Waals surface area contributed by atoms with Crippen molar-refractivity contribution in [2.75, 3.05) is 47.5 Å². The third-order valence-corrected chi connectivity index (χ3v) is 18.6. The molecule has 0 heterocycles. The minimum Gasteiger partial charge on any atom is -0.477 e. The molecular formula is C84H158NO8+. The minimum atomic E-state index is -1.51. The molecule has 0 fully saturated rings. The highest BCUT2D eigenvalue weighted by molar-refractivity contribution is 5.71. The monoisotopic (exact) mass is 1310 g/mol. The number of allylic oxidation sites excluding steroid dienone is 8. The molecule has 0 amide bonds. The average molecular weight is 1310 g/mol. The van der Waals surface area contributed by atoms with Crippen LogP contribution in [0.2, 0.25) is 0 Å². The zero-order chi connectivity index (χ0) is 67.5. The number of aliphatic carboxylic acids is 1. The Kier molecular flexibility index (Phi) is 72.8. The topological polar surface area (TPSA) is 108 Å². The first-order valence-electron chi connectivity index (χ1n) is 40.8. The van der Waals surface area contributed by atoms with Crippen LogP contribution in [-0.2, 0) is 33.3 Å².